The van der Waals surface area contributed by atoms with Crippen LogP contribution in [0.5, 0.6) is 0 Å². The van der Waals surface area contributed by atoms with E-state index in [-0.39, 0.29) is 18.4 Å². The van der Waals surface area contributed by atoms with E-state index in [4.69, 9.17) is 6.42 Å². The molecular weight excluding hydrogens is 230 g/mol. The van der Waals surface area contributed by atoms with Gasteiger partial charge in [0.15, 0.2) is 0 Å². The summed E-state index contributed by atoms with van der Waals surface area (Å²) < 4.78 is 0. The zero-order chi connectivity index (χ0) is 14.1. The monoisotopic (exact) mass is 253 g/mol. The molecule has 0 radical (unpaired) electrons. The van der Waals surface area contributed by atoms with Gasteiger partial charge < -0.3 is 10.2 Å². The zero-order valence-electron chi connectivity index (χ0n) is 11.6. The predicted octanol–water partition coefficient (Wildman–Crippen LogP) is -0.172. The number of nitrogens with zero attached hydrogens (tertiary/aromatic N) is 1. The van der Waals surface area contributed by atoms with E-state index in [1.807, 2.05) is 13.8 Å². The van der Waals surface area contributed by atoms with Gasteiger partial charge >= 0.3 is 0 Å². The second kappa shape index (κ2) is 8.54. The van der Waals surface area contributed by atoms with Crippen LogP contribution in [0.25, 0.3) is 0 Å². The number of carbonyl (C=O) groups is 2. The largest absolute Gasteiger partial charge is 0.347 e. The Morgan fingerprint density at radius 1 is 1.33 bits per heavy atom. The van der Waals surface area contributed by atoms with E-state index in [0.29, 0.717) is 18.9 Å². The lowest BCUT2D eigenvalue weighted by Gasteiger charge is -2.23. The van der Waals surface area contributed by atoms with Crippen LogP contribution in [0.3, 0.4) is 0 Å². The molecule has 0 aromatic heterocycles. The minimum atomic E-state index is -0.472. The molecule has 0 fully saturated rings. The normalized spacial score (nSPS) is 11.8. The van der Waals surface area contributed by atoms with Gasteiger partial charge in [-0.3, -0.25) is 14.9 Å². The summed E-state index contributed by atoms with van der Waals surface area (Å²) in [5.41, 5.74) is 0. The van der Waals surface area contributed by atoms with Crippen molar-refractivity contribution in [2.24, 2.45) is 5.92 Å². The van der Waals surface area contributed by atoms with Crippen molar-refractivity contribution in [2.45, 2.75) is 26.3 Å². The molecule has 0 aliphatic heterocycles. The Morgan fingerprint density at radius 3 is 2.39 bits per heavy atom. The molecule has 5 heteroatoms. The van der Waals surface area contributed by atoms with Crippen molar-refractivity contribution in [3.05, 3.63) is 0 Å². The zero-order valence-corrected chi connectivity index (χ0v) is 11.6. The Kier molecular flexibility index (Phi) is 7.81. The van der Waals surface area contributed by atoms with Gasteiger partial charge in [-0.1, -0.05) is 19.8 Å². The fraction of sp³-hybridized carbons (Fsp3) is 0.692. The molecule has 0 bridgehead atoms. The second-order valence-electron chi connectivity index (χ2n) is 4.79. The lowest BCUT2D eigenvalue weighted by molar-refractivity contribution is -0.134. The van der Waals surface area contributed by atoms with E-state index in [1.54, 1.807) is 14.1 Å². The maximum Gasteiger partial charge on any atom is 0.244 e. The van der Waals surface area contributed by atoms with Crippen molar-refractivity contribution in [1.82, 2.24) is 15.5 Å². The molecule has 0 aliphatic rings. The highest BCUT2D eigenvalue weighted by atomic mass is 16.2. The number of likely N-dealkylation sites (N-methyl/N-ethyl adjacent to an activating group) is 1. The van der Waals surface area contributed by atoms with Gasteiger partial charge in [-0.2, -0.15) is 0 Å². The number of rotatable bonds is 7. The van der Waals surface area contributed by atoms with Gasteiger partial charge in [0, 0.05) is 14.1 Å². The first-order chi connectivity index (χ1) is 8.38. The molecule has 5 nitrogen and oxygen atoms in total. The Morgan fingerprint density at radius 2 is 1.94 bits per heavy atom. The van der Waals surface area contributed by atoms with Crippen molar-refractivity contribution >= 4 is 11.8 Å². The van der Waals surface area contributed by atoms with Crippen molar-refractivity contribution in [1.29, 1.82) is 0 Å². The van der Waals surface area contributed by atoms with E-state index >= 15 is 0 Å². The van der Waals surface area contributed by atoms with Crippen LogP contribution in [0.4, 0.5) is 0 Å². The van der Waals surface area contributed by atoms with E-state index in [9.17, 15) is 9.59 Å². The lowest BCUT2D eigenvalue weighted by Crippen LogP contribution is -2.49. The highest BCUT2D eigenvalue weighted by Crippen LogP contribution is 2.06. The van der Waals surface area contributed by atoms with Gasteiger partial charge in [-0.25, -0.2) is 0 Å². The minimum Gasteiger partial charge on any atom is -0.347 e. The number of amides is 2. The fourth-order valence-electron chi connectivity index (χ4n) is 1.50. The third-order valence-electron chi connectivity index (χ3n) is 2.29. The van der Waals surface area contributed by atoms with Crippen molar-refractivity contribution in [2.75, 3.05) is 27.2 Å². The SMILES string of the molecule is C#CCNCC(=O)NC(CC(C)C)C(=O)N(C)C. The molecule has 0 saturated carbocycles. The molecule has 2 N–H and O–H groups in total. The summed E-state index contributed by atoms with van der Waals surface area (Å²) in [6, 6.07) is -0.472. The average molecular weight is 253 g/mol. The van der Waals surface area contributed by atoms with Gasteiger partial charge in [0.05, 0.1) is 13.1 Å². The quantitative estimate of drug-likeness (QED) is 0.489. The maximum absolute atomic E-state index is 11.9. The van der Waals surface area contributed by atoms with Crippen molar-refractivity contribution in [3.63, 3.8) is 0 Å². The van der Waals surface area contributed by atoms with Gasteiger partial charge in [0.2, 0.25) is 11.8 Å². The molecule has 0 rings (SSSR count). The van der Waals surface area contributed by atoms with Gasteiger partial charge in [-0.15, -0.1) is 6.42 Å². The molecule has 0 aromatic carbocycles. The topological polar surface area (TPSA) is 61.4 Å². The summed E-state index contributed by atoms with van der Waals surface area (Å²) in [4.78, 5) is 25.0. The average Bonchev–Trinajstić information content (AvgIpc) is 2.26. The molecule has 18 heavy (non-hydrogen) atoms. The van der Waals surface area contributed by atoms with Gasteiger partial charge in [0.1, 0.15) is 6.04 Å². The second-order valence-corrected chi connectivity index (χ2v) is 4.79. The number of terminal acetylenes is 1. The first-order valence-electron chi connectivity index (χ1n) is 6.03. The molecule has 1 unspecified atom stereocenters. The Bertz CT molecular complexity index is 319. The van der Waals surface area contributed by atoms with Gasteiger partial charge in [-0.05, 0) is 12.3 Å². The number of nitrogens with one attached hydrogen (secondary N) is 2. The molecule has 0 aliphatic carbocycles. The third kappa shape index (κ3) is 6.92. The van der Waals surface area contributed by atoms with Crippen LogP contribution >= 0.6 is 0 Å². The van der Waals surface area contributed by atoms with Crippen LogP contribution in [0.2, 0.25) is 0 Å². The summed E-state index contributed by atoms with van der Waals surface area (Å²) in [6.45, 7) is 4.49. The molecule has 0 heterocycles. The maximum atomic E-state index is 11.9. The van der Waals surface area contributed by atoms with Crippen LogP contribution in [-0.4, -0.2) is 49.9 Å². The first-order valence-corrected chi connectivity index (χ1v) is 6.03. The van der Waals surface area contributed by atoms with Crippen LogP contribution in [0, 0.1) is 18.3 Å². The first kappa shape index (κ1) is 16.5. The summed E-state index contributed by atoms with van der Waals surface area (Å²) in [5, 5.41) is 5.52. The van der Waals surface area contributed by atoms with Crippen molar-refractivity contribution in [3.8, 4) is 12.3 Å². The highest BCUT2D eigenvalue weighted by molar-refractivity contribution is 5.88. The number of carbonyl (C=O) groups excluding carboxylic acids is 2. The predicted molar refractivity (Wildman–Crippen MR) is 71.8 cm³/mol. The van der Waals surface area contributed by atoms with Gasteiger partial charge in [0.25, 0.3) is 0 Å². The summed E-state index contributed by atoms with van der Waals surface area (Å²) in [5.74, 6) is 2.41. The van der Waals surface area contributed by atoms with E-state index in [2.05, 4.69) is 16.6 Å². The molecule has 2 amide bonds. The van der Waals surface area contributed by atoms with Crippen LogP contribution in [0.15, 0.2) is 0 Å². The van der Waals surface area contributed by atoms with E-state index < -0.39 is 6.04 Å². The molecule has 1 atom stereocenters. The summed E-state index contributed by atoms with van der Waals surface area (Å²) in [6.07, 6.45) is 5.69. The van der Waals surface area contributed by atoms with E-state index in [1.165, 1.54) is 4.90 Å². The summed E-state index contributed by atoms with van der Waals surface area (Å²) in [7, 11) is 3.36. The number of hydrogen-bond acceptors (Lipinski definition) is 3. The molecule has 0 saturated heterocycles. The third-order valence-corrected chi connectivity index (χ3v) is 2.29. The van der Waals surface area contributed by atoms with Crippen molar-refractivity contribution < 1.29 is 9.59 Å². The molecule has 102 valence electrons. The Labute approximate surface area is 109 Å². The smallest absolute Gasteiger partial charge is 0.244 e. The lowest BCUT2D eigenvalue weighted by atomic mass is 10.0. The van der Waals surface area contributed by atoms with E-state index in [0.717, 1.165) is 0 Å². The molecule has 0 spiro atoms. The van der Waals surface area contributed by atoms with Crippen LogP contribution in [0.1, 0.15) is 20.3 Å². The molecule has 0 aromatic rings. The highest BCUT2D eigenvalue weighted by Gasteiger charge is 2.22. The van der Waals surface area contributed by atoms with Crippen LogP contribution in [-0.2, 0) is 9.59 Å². The fourth-order valence-corrected chi connectivity index (χ4v) is 1.50. The molecular formula is C13H23N3O2. The van der Waals surface area contributed by atoms with Crippen LogP contribution < -0.4 is 10.6 Å². The number of hydrogen-bond donors (Lipinski definition) is 2. The standard InChI is InChI=1S/C13H23N3O2/c1-6-7-14-9-12(17)15-11(8-10(2)3)13(18)16(4)5/h1,10-11,14H,7-9H2,2-5H3,(H,15,17). The Balaban J connectivity index is 4.36. The summed E-state index contributed by atoms with van der Waals surface area (Å²) >= 11 is 0. The Hall–Kier alpha value is -1.54. The minimum absolute atomic E-state index is 0.0889.